The first-order chi connectivity index (χ1) is 29.5. The number of nitrogens with one attached hydrogen (secondary N) is 2. The minimum atomic E-state index is -4.77. The van der Waals surface area contributed by atoms with E-state index in [9.17, 15) is 27.6 Å². The topological polar surface area (TPSA) is 168 Å². The molecule has 14 nitrogen and oxygen atoms in total. The number of imide groups is 1. The Morgan fingerprint density at radius 1 is 0.887 bits per heavy atom. The summed E-state index contributed by atoms with van der Waals surface area (Å²) in [5.74, 6) is -0.0391. The van der Waals surface area contributed by atoms with E-state index in [-0.39, 0.29) is 51.8 Å². The quantitative estimate of drug-likeness (QED) is 0.110. The van der Waals surface area contributed by atoms with Crippen LogP contribution in [-0.2, 0) is 26.0 Å². The van der Waals surface area contributed by atoms with Gasteiger partial charge in [0.15, 0.2) is 0 Å². The molecule has 1 aromatic heterocycles. The minimum Gasteiger partial charge on any atom is -0.456 e. The van der Waals surface area contributed by atoms with Crippen molar-refractivity contribution >= 4 is 56.5 Å². The maximum atomic E-state index is 14.8. The highest BCUT2D eigenvalue weighted by Crippen LogP contribution is 2.38. The van der Waals surface area contributed by atoms with E-state index in [0.717, 1.165) is 34.7 Å². The van der Waals surface area contributed by atoms with Gasteiger partial charge < -0.3 is 29.4 Å². The molecule has 4 aromatic carbocycles. The highest BCUT2D eigenvalue weighted by atomic mass is 35.5. The van der Waals surface area contributed by atoms with Gasteiger partial charge in [-0.1, -0.05) is 54.4 Å². The number of halogens is 1. The number of ether oxygens (including phenoxy) is 3. The van der Waals surface area contributed by atoms with E-state index in [2.05, 4.69) is 10.3 Å². The molecule has 2 aliphatic rings. The van der Waals surface area contributed by atoms with Gasteiger partial charge in [0.25, 0.3) is 21.8 Å². The monoisotopic (exact) mass is 883 g/mol. The number of aromatic nitrogens is 1. The van der Waals surface area contributed by atoms with Crippen LogP contribution in [0.25, 0.3) is 10.9 Å². The molecule has 2 heterocycles. The van der Waals surface area contributed by atoms with Crippen molar-refractivity contribution in [2.45, 2.75) is 69.4 Å². The van der Waals surface area contributed by atoms with Crippen molar-refractivity contribution in [3.05, 3.63) is 113 Å². The van der Waals surface area contributed by atoms with Crippen molar-refractivity contribution in [3.8, 4) is 23.0 Å². The predicted molar refractivity (Wildman–Crippen MR) is 234 cm³/mol. The number of carbonyl (C=O) groups excluding carboxylic acids is 4. The standard InChI is InChI=1S/C46H50ClN5O9S/c1-46(2,3)61-44(55)49-26-29-12-11-13-30(22-29)28-51-43(54)39(23-31-27-48-38-17-10-9-16-35(31)38)52(45(51)56)62(57,58)34-19-21-40(36(25-34)42(53)50(4)5)60-33-18-20-41(37(47)24-33)59-32-14-7-6-8-15-32/h6-10,14-21,24-25,27,29-30,39,48H,11-13,22-23,26,28H2,1-5H3,(H,49,55). The fraction of sp³-hybridized carbons (Fsp3) is 0.348. The molecular formula is C46H50ClN5O9S. The molecule has 1 aliphatic carbocycles. The van der Waals surface area contributed by atoms with E-state index < -0.39 is 45.6 Å². The first-order valence-corrected chi connectivity index (χ1v) is 22.3. The van der Waals surface area contributed by atoms with E-state index in [4.69, 9.17) is 25.8 Å². The molecule has 5 aromatic rings. The van der Waals surface area contributed by atoms with Gasteiger partial charge in [-0.2, -0.15) is 0 Å². The lowest BCUT2D eigenvalue weighted by Gasteiger charge is -2.31. The SMILES string of the molecule is CN(C)C(=O)c1cc(S(=O)(=O)N2C(=O)N(CC3CCCC(CNC(=O)OC(C)(C)C)C3)C(=O)C2Cc2c[nH]c3ccccc23)ccc1Oc1ccc(Oc2ccccc2)c(Cl)c1. The van der Waals surface area contributed by atoms with Crippen LogP contribution in [0.4, 0.5) is 9.59 Å². The van der Waals surface area contributed by atoms with Gasteiger partial charge in [0.2, 0.25) is 0 Å². The van der Waals surface area contributed by atoms with Crippen LogP contribution >= 0.6 is 11.6 Å². The molecule has 62 heavy (non-hydrogen) atoms. The zero-order valence-electron chi connectivity index (χ0n) is 35.2. The minimum absolute atomic E-state index is 0.00584. The van der Waals surface area contributed by atoms with Crippen LogP contribution in [0.2, 0.25) is 5.02 Å². The van der Waals surface area contributed by atoms with Crippen molar-refractivity contribution in [1.29, 1.82) is 0 Å². The normalized spacial score (nSPS) is 18.2. The smallest absolute Gasteiger partial charge is 0.407 e. The Bertz CT molecular complexity index is 2590. The number of para-hydroxylation sites is 2. The zero-order valence-corrected chi connectivity index (χ0v) is 36.8. The molecule has 1 saturated carbocycles. The van der Waals surface area contributed by atoms with Crippen LogP contribution in [0.15, 0.2) is 102 Å². The third kappa shape index (κ3) is 9.84. The van der Waals surface area contributed by atoms with Gasteiger partial charge in [0.1, 0.15) is 34.6 Å². The highest BCUT2D eigenvalue weighted by Gasteiger charge is 2.52. The molecule has 3 unspecified atom stereocenters. The van der Waals surface area contributed by atoms with Crippen LogP contribution in [0.3, 0.4) is 0 Å². The molecule has 0 radical (unpaired) electrons. The summed E-state index contributed by atoms with van der Waals surface area (Å²) >= 11 is 6.55. The number of fused-ring (bicyclic) bond motifs is 1. The number of sulfonamides is 1. The van der Waals surface area contributed by atoms with Gasteiger partial charge in [0.05, 0.1) is 15.5 Å². The lowest BCUT2D eigenvalue weighted by atomic mass is 9.81. The summed E-state index contributed by atoms with van der Waals surface area (Å²) in [7, 11) is -1.74. The van der Waals surface area contributed by atoms with Crippen molar-refractivity contribution < 1.29 is 41.8 Å². The maximum Gasteiger partial charge on any atom is 0.407 e. The van der Waals surface area contributed by atoms with E-state index >= 15 is 0 Å². The Balaban J connectivity index is 1.17. The summed E-state index contributed by atoms with van der Waals surface area (Å²) < 4.78 is 47.8. The lowest BCUT2D eigenvalue weighted by Crippen LogP contribution is -2.42. The molecule has 326 valence electrons. The number of H-pyrrole nitrogens is 1. The van der Waals surface area contributed by atoms with E-state index in [0.29, 0.717) is 40.8 Å². The van der Waals surface area contributed by atoms with Gasteiger partial charge in [-0.3, -0.25) is 14.5 Å². The lowest BCUT2D eigenvalue weighted by molar-refractivity contribution is -0.128. The zero-order chi connectivity index (χ0) is 44.3. The van der Waals surface area contributed by atoms with Crippen LogP contribution < -0.4 is 14.8 Å². The Kier molecular flexibility index (Phi) is 12.9. The summed E-state index contributed by atoms with van der Waals surface area (Å²) in [5.41, 5.74) is 0.699. The summed E-state index contributed by atoms with van der Waals surface area (Å²) in [6, 6.07) is 22.6. The number of carbonyl (C=O) groups is 4. The number of urea groups is 1. The summed E-state index contributed by atoms with van der Waals surface area (Å²) in [6.45, 7) is 5.73. The Morgan fingerprint density at radius 3 is 2.31 bits per heavy atom. The maximum absolute atomic E-state index is 14.8. The van der Waals surface area contributed by atoms with Crippen molar-refractivity contribution in [2.75, 3.05) is 27.2 Å². The second kappa shape index (κ2) is 18.1. The van der Waals surface area contributed by atoms with Crippen LogP contribution in [0.5, 0.6) is 23.0 Å². The molecule has 1 saturated heterocycles. The molecule has 5 amide bonds. The summed E-state index contributed by atoms with van der Waals surface area (Å²) in [6.07, 6.45) is 4.07. The number of benzene rings is 4. The van der Waals surface area contributed by atoms with Gasteiger partial charge in [0, 0.05) is 56.8 Å². The summed E-state index contributed by atoms with van der Waals surface area (Å²) in [4.78, 5) is 60.1. The van der Waals surface area contributed by atoms with Crippen LogP contribution in [0, 0.1) is 11.8 Å². The number of amides is 5. The number of hydrogen-bond acceptors (Lipinski definition) is 9. The number of alkyl carbamates (subject to hydrolysis) is 1. The van der Waals surface area contributed by atoms with Gasteiger partial charge in [-0.25, -0.2) is 22.3 Å². The molecule has 16 heteroatoms. The van der Waals surface area contributed by atoms with Gasteiger partial charge in [-0.05, 0) is 106 Å². The number of rotatable bonds is 13. The Labute approximate surface area is 366 Å². The average molecular weight is 884 g/mol. The predicted octanol–water partition coefficient (Wildman–Crippen LogP) is 9.00. The fourth-order valence-electron chi connectivity index (χ4n) is 7.95. The second-order valence-corrected chi connectivity index (χ2v) is 19.1. The third-order valence-corrected chi connectivity index (χ3v) is 12.9. The molecule has 3 atom stereocenters. The van der Waals surface area contributed by atoms with E-state index in [1.165, 1.54) is 37.2 Å². The summed E-state index contributed by atoms with van der Waals surface area (Å²) in [5, 5.41) is 3.86. The number of aromatic amines is 1. The molecule has 0 spiro atoms. The van der Waals surface area contributed by atoms with Crippen LogP contribution in [-0.4, -0.2) is 90.3 Å². The fourth-order valence-corrected chi connectivity index (χ4v) is 9.70. The Morgan fingerprint density at radius 2 is 1.58 bits per heavy atom. The first-order valence-electron chi connectivity index (χ1n) is 20.5. The third-order valence-electron chi connectivity index (χ3n) is 10.9. The molecule has 2 fully saturated rings. The van der Waals surface area contributed by atoms with Crippen LogP contribution in [0.1, 0.15) is 62.4 Å². The number of nitrogens with zero attached hydrogens (tertiary/aromatic N) is 3. The van der Waals surface area contributed by atoms with Crippen molar-refractivity contribution in [2.24, 2.45) is 11.8 Å². The van der Waals surface area contributed by atoms with Gasteiger partial charge in [-0.15, -0.1) is 0 Å². The van der Waals surface area contributed by atoms with Gasteiger partial charge >= 0.3 is 12.1 Å². The average Bonchev–Trinajstić information content (AvgIpc) is 3.74. The van der Waals surface area contributed by atoms with Crippen molar-refractivity contribution in [3.63, 3.8) is 0 Å². The van der Waals surface area contributed by atoms with Crippen molar-refractivity contribution in [1.82, 2.24) is 24.4 Å². The molecule has 1 aliphatic heterocycles. The molecule has 2 N–H and O–H groups in total. The Hall–Kier alpha value is -6.06. The number of hydrogen-bond donors (Lipinski definition) is 2. The molecule has 7 rings (SSSR count). The second-order valence-electron chi connectivity index (χ2n) is 16.9. The molecule has 0 bridgehead atoms. The molecular weight excluding hydrogens is 834 g/mol. The van der Waals surface area contributed by atoms with E-state index in [1.807, 2.05) is 42.5 Å². The largest absolute Gasteiger partial charge is 0.456 e. The first kappa shape index (κ1) is 44.0. The van der Waals surface area contributed by atoms with E-state index in [1.54, 1.807) is 51.2 Å². The highest BCUT2D eigenvalue weighted by molar-refractivity contribution is 7.89.